The molecule has 0 spiro atoms. The Hall–Kier alpha value is -2.25. The van der Waals surface area contributed by atoms with Crippen molar-refractivity contribution >= 4 is 22.8 Å². The molecule has 0 aliphatic heterocycles. The molecule has 0 radical (unpaired) electrons. The molecule has 0 fully saturated rings. The van der Waals surface area contributed by atoms with Gasteiger partial charge in [-0.3, -0.25) is 9.98 Å². The summed E-state index contributed by atoms with van der Waals surface area (Å²) in [6, 6.07) is 17.8. The first-order valence-corrected chi connectivity index (χ1v) is 21.3. The minimum absolute atomic E-state index is 0. The number of rotatable bonds is 31. The van der Waals surface area contributed by atoms with Crippen molar-refractivity contribution in [3.63, 3.8) is 0 Å². The van der Waals surface area contributed by atoms with Crippen LogP contribution in [0.4, 0.5) is 11.4 Å². The Morgan fingerprint density at radius 1 is 0.412 bits per heavy atom. The van der Waals surface area contributed by atoms with Crippen LogP contribution >= 0.6 is 0 Å². The van der Waals surface area contributed by atoms with E-state index in [2.05, 4.69) is 101 Å². The molecule has 2 nitrogen and oxygen atoms in total. The Labute approximate surface area is 326 Å². The first kappa shape index (κ1) is 46.8. The van der Waals surface area contributed by atoms with E-state index < -0.39 is 0 Å². The number of hydrogen-bond donors (Lipinski definition) is 0. The molecular weight excluding hydrogens is 663 g/mol. The summed E-state index contributed by atoms with van der Waals surface area (Å²) in [5.74, 6) is 0. The fourth-order valence-electron chi connectivity index (χ4n) is 6.57. The molecule has 0 aliphatic rings. The zero-order valence-electron chi connectivity index (χ0n) is 33.5. The van der Waals surface area contributed by atoms with Gasteiger partial charge < -0.3 is 0 Å². The maximum atomic E-state index is 5.51. The number of benzene rings is 2. The van der Waals surface area contributed by atoms with E-state index >= 15 is 0 Å². The van der Waals surface area contributed by atoms with Gasteiger partial charge in [-0.1, -0.05) is 165 Å². The molecule has 2 aromatic rings. The average molecular weight is 740 g/mol. The molecule has 0 atom stereocenters. The first-order chi connectivity index (χ1) is 24.7. The third-order valence-corrected chi connectivity index (χ3v) is 9.78. The Morgan fingerprint density at radius 3 is 1.22 bits per heavy atom. The molecule has 3 heteroatoms. The van der Waals surface area contributed by atoms with Crippen molar-refractivity contribution in [2.75, 3.05) is 0 Å². The second kappa shape index (κ2) is 33.6. The Morgan fingerprint density at radius 2 is 0.765 bits per heavy atom. The van der Waals surface area contributed by atoms with Crippen LogP contribution in [-0.2, 0) is 29.3 Å². The van der Waals surface area contributed by atoms with E-state index in [9.17, 15) is 0 Å². The number of nitrogens with zero attached hydrogens (tertiary/aromatic N) is 2. The predicted octanol–water partition coefficient (Wildman–Crippen LogP) is 16.2. The van der Waals surface area contributed by atoms with Gasteiger partial charge in [0.05, 0.1) is 22.8 Å². The molecule has 0 heterocycles. The van der Waals surface area contributed by atoms with Gasteiger partial charge in [0, 0.05) is 16.5 Å². The van der Waals surface area contributed by atoms with Gasteiger partial charge in [-0.05, 0) is 113 Å². The summed E-state index contributed by atoms with van der Waals surface area (Å²) in [6.45, 7) is 9.16. The van der Waals surface area contributed by atoms with Gasteiger partial charge in [0.2, 0.25) is 0 Å². The Bertz CT molecular complexity index is 1220. The molecule has 51 heavy (non-hydrogen) atoms. The van der Waals surface area contributed by atoms with Gasteiger partial charge in [0.25, 0.3) is 0 Å². The monoisotopic (exact) mass is 739 g/mol. The van der Waals surface area contributed by atoms with Gasteiger partial charge in [-0.2, -0.15) is 0 Å². The summed E-state index contributed by atoms with van der Waals surface area (Å²) in [7, 11) is 0. The summed E-state index contributed by atoms with van der Waals surface area (Å²) in [6.07, 6.45) is 41.6. The van der Waals surface area contributed by atoms with E-state index in [-0.39, 0.29) is 16.5 Å². The van der Waals surface area contributed by atoms with Crippen molar-refractivity contribution in [1.82, 2.24) is 0 Å². The van der Waals surface area contributed by atoms with E-state index in [0.29, 0.717) is 0 Å². The Balaban J connectivity index is 0.0000130. The van der Waals surface area contributed by atoms with Crippen LogP contribution in [0.3, 0.4) is 0 Å². The average Bonchev–Trinajstić information content (AvgIpc) is 3.14. The summed E-state index contributed by atoms with van der Waals surface area (Å²) in [5, 5.41) is 0. The molecule has 2 rings (SSSR count). The summed E-state index contributed by atoms with van der Waals surface area (Å²) in [4.78, 5) is 11.0. The number of aliphatic imine (C=N–C) groups is 2. The van der Waals surface area contributed by atoms with Crippen LogP contribution in [0, 0.1) is 0 Å². The number of unbranched alkanes of at least 4 members (excludes halogenated alkanes) is 16. The van der Waals surface area contributed by atoms with Gasteiger partial charge >= 0.3 is 0 Å². The van der Waals surface area contributed by atoms with Crippen LogP contribution < -0.4 is 0 Å². The molecule has 0 amide bonds. The number of hydrogen-bond acceptors (Lipinski definition) is 2. The zero-order valence-corrected chi connectivity index (χ0v) is 34.5. The SMILES string of the molecule is CCCCCC/C=C/CCCc1ccccc1N=C(CCCC)C(CCCCCCCC)=Nc1ccccc1CCC/C=C/CCCCCC.[Ni]. The van der Waals surface area contributed by atoms with Gasteiger partial charge in [0.15, 0.2) is 0 Å². The summed E-state index contributed by atoms with van der Waals surface area (Å²) < 4.78 is 0. The van der Waals surface area contributed by atoms with Crippen LogP contribution in [-0.4, -0.2) is 11.4 Å². The molecule has 288 valence electrons. The molecule has 0 N–H and O–H groups in total. The number of para-hydroxylation sites is 2. The van der Waals surface area contributed by atoms with Crippen LogP contribution in [0.1, 0.15) is 193 Å². The Kier molecular flexibility index (Phi) is 30.8. The smallest absolute Gasteiger partial charge is 0.0665 e. The van der Waals surface area contributed by atoms with E-state index in [1.165, 1.54) is 145 Å². The maximum Gasteiger partial charge on any atom is 0.0665 e. The van der Waals surface area contributed by atoms with Gasteiger partial charge in [-0.15, -0.1) is 0 Å². The minimum atomic E-state index is 0. The predicted molar refractivity (Wildman–Crippen MR) is 226 cm³/mol. The van der Waals surface area contributed by atoms with Crippen molar-refractivity contribution in [3.05, 3.63) is 84.0 Å². The van der Waals surface area contributed by atoms with Crippen molar-refractivity contribution in [2.45, 2.75) is 195 Å². The molecular formula is C48H76N2Ni. The topological polar surface area (TPSA) is 24.7 Å². The van der Waals surface area contributed by atoms with E-state index in [1.807, 2.05) is 0 Å². The summed E-state index contributed by atoms with van der Waals surface area (Å²) >= 11 is 0. The molecule has 0 saturated heterocycles. The molecule has 2 aromatic carbocycles. The maximum absolute atomic E-state index is 5.51. The van der Waals surface area contributed by atoms with Crippen LogP contribution in [0.2, 0.25) is 0 Å². The third-order valence-electron chi connectivity index (χ3n) is 9.78. The molecule has 0 aromatic heterocycles. The minimum Gasteiger partial charge on any atom is -0.251 e. The molecule has 0 saturated carbocycles. The van der Waals surface area contributed by atoms with Crippen LogP contribution in [0.5, 0.6) is 0 Å². The third kappa shape index (κ3) is 23.1. The van der Waals surface area contributed by atoms with Gasteiger partial charge in [-0.25, -0.2) is 0 Å². The van der Waals surface area contributed by atoms with Crippen molar-refractivity contribution in [2.24, 2.45) is 9.98 Å². The number of allylic oxidation sites excluding steroid dienone is 4. The quantitative estimate of drug-likeness (QED) is 0.0318. The molecule has 0 aliphatic carbocycles. The van der Waals surface area contributed by atoms with Crippen LogP contribution in [0.15, 0.2) is 82.8 Å². The second-order valence-electron chi connectivity index (χ2n) is 14.4. The fraction of sp³-hybridized carbons (Fsp3) is 0.625. The molecule has 0 unspecified atom stereocenters. The normalized spacial score (nSPS) is 12.3. The first-order valence-electron chi connectivity index (χ1n) is 21.3. The molecule has 0 bridgehead atoms. The van der Waals surface area contributed by atoms with E-state index in [4.69, 9.17) is 9.98 Å². The van der Waals surface area contributed by atoms with E-state index in [0.717, 1.165) is 56.3 Å². The summed E-state index contributed by atoms with van der Waals surface area (Å²) in [5.41, 5.74) is 7.46. The van der Waals surface area contributed by atoms with Crippen LogP contribution in [0.25, 0.3) is 0 Å². The zero-order chi connectivity index (χ0) is 35.7. The largest absolute Gasteiger partial charge is 0.251 e. The number of aryl methyl sites for hydroxylation is 2. The van der Waals surface area contributed by atoms with E-state index in [1.54, 1.807) is 0 Å². The fourth-order valence-corrected chi connectivity index (χ4v) is 6.57. The second-order valence-corrected chi connectivity index (χ2v) is 14.4. The van der Waals surface area contributed by atoms with Crippen molar-refractivity contribution in [1.29, 1.82) is 0 Å². The standard InChI is InChI=1S/C48H76N2.Ni/c1-5-9-13-16-19-21-23-25-28-35-43-37-31-33-40-45(43)49-47(39-12-8-4)48(42-30-27-18-15-11-7-3)50-46-41-34-32-38-44(46)36-29-26-24-22-20-17-14-10-6-2;/h21-24,31-34,37-38,40-41H,5-20,25-30,35-36,39,42H2,1-4H3;/b23-21+,24-22+,49-47?,50-48?;. The van der Waals surface area contributed by atoms with Gasteiger partial charge in [0.1, 0.15) is 0 Å². The van der Waals surface area contributed by atoms with Crippen molar-refractivity contribution in [3.8, 4) is 0 Å². The van der Waals surface area contributed by atoms with Crippen molar-refractivity contribution < 1.29 is 16.5 Å².